The van der Waals surface area contributed by atoms with Crippen LogP contribution in [0.2, 0.25) is 0 Å². The Bertz CT molecular complexity index is 1220. The molecule has 5 nitrogen and oxygen atoms in total. The number of rotatable bonds is 5. The maximum absolute atomic E-state index is 13.6. The van der Waals surface area contributed by atoms with E-state index in [1.807, 2.05) is 12.1 Å². The lowest BCUT2D eigenvalue weighted by Crippen LogP contribution is -2.50. The van der Waals surface area contributed by atoms with E-state index in [1.165, 1.54) is 17.0 Å². The Morgan fingerprint density at radius 1 is 1.03 bits per heavy atom. The van der Waals surface area contributed by atoms with Crippen molar-refractivity contribution in [2.75, 3.05) is 19.6 Å². The van der Waals surface area contributed by atoms with Crippen molar-refractivity contribution in [1.82, 2.24) is 15.2 Å². The fourth-order valence-corrected chi connectivity index (χ4v) is 4.86. The van der Waals surface area contributed by atoms with Crippen LogP contribution in [0.5, 0.6) is 11.5 Å². The molecule has 1 aromatic heterocycles. The number of aromatic nitrogens is 1. The smallest absolute Gasteiger partial charge is 0.488 e. The van der Waals surface area contributed by atoms with Gasteiger partial charge in [-0.1, -0.05) is 18.2 Å². The minimum atomic E-state index is -5.04. The number of nitrogens with zero attached hydrogens (tertiary/aromatic N) is 1. The highest BCUT2D eigenvalue weighted by molar-refractivity contribution is 5.85. The molecule has 35 heavy (non-hydrogen) atoms. The van der Waals surface area contributed by atoms with E-state index in [-0.39, 0.29) is 17.4 Å². The number of alkyl halides is 6. The van der Waals surface area contributed by atoms with Gasteiger partial charge in [0.25, 0.3) is 0 Å². The van der Waals surface area contributed by atoms with Crippen molar-refractivity contribution in [1.29, 1.82) is 0 Å². The Kier molecular flexibility index (Phi) is 5.87. The molecule has 188 valence electrons. The molecule has 2 aromatic carbocycles. The molecule has 2 atom stereocenters. The summed E-state index contributed by atoms with van der Waals surface area (Å²) in [4.78, 5) is 4.34. The van der Waals surface area contributed by atoms with Crippen LogP contribution in [0.4, 0.5) is 26.3 Å². The van der Waals surface area contributed by atoms with Gasteiger partial charge in [-0.25, -0.2) is 0 Å². The Morgan fingerprint density at radius 2 is 1.77 bits per heavy atom. The SMILES string of the molecule is C[C@@H]1Cc2c([nH]c3ccccc23)[C@@H](c2ccc(OC3CNC3)cc2OC(F)(F)F)N1CC(F)(F)F. The van der Waals surface area contributed by atoms with Crippen LogP contribution < -0.4 is 14.8 Å². The second kappa shape index (κ2) is 8.63. The van der Waals surface area contributed by atoms with E-state index in [1.54, 1.807) is 19.1 Å². The van der Waals surface area contributed by atoms with E-state index < -0.39 is 36.9 Å². The summed E-state index contributed by atoms with van der Waals surface area (Å²) < 4.78 is 91.1. The number of halogens is 6. The predicted octanol–water partition coefficient (Wildman–Crippen LogP) is 5.32. The van der Waals surface area contributed by atoms with Crippen molar-refractivity contribution in [2.45, 2.75) is 44.1 Å². The van der Waals surface area contributed by atoms with Crippen LogP contribution in [-0.4, -0.2) is 54.2 Å². The van der Waals surface area contributed by atoms with Crippen LogP contribution in [0, 0.1) is 0 Å². The van der Waals surface area contributed by atoms with Gasteiger partial charge < -0.3 is 19.8 Å². The van der Waals surface area contributed by atoms with Gasteiger partial charge in [0.15, 0.2) is 0 Å². The summed E-state index contributed by atoms with van der Waals surface area (Å²) in [5.74, 6) is -0.430. The molecular weight excluding hydrogens is 476 g/mol. The van der Waals surface area contributed by atoms with Gasteiger partial charge in [0.05, 0.1) is 12.6 Å². The standard InChI is InChI=1S/C24H23F6N3O2/c1-13-8-18-16-4-2-3-5-19(16)32-21(18)22(33(13)12-23(25,26)27)17-7-6-14(34-15-10-31-11-15)9-20(17)35-24(28,29)30/h2-7,9,13,15,22,31-32H,8,10-12H2,1H3/t13-,22-/m1/s1. The molecule has 5 rings (SSSR count). The van der Waals surface area contributed by atoms with Crippen molar-refractivity contribution in [3.63, 3.8) is 0 Å². The van der Waals surface area contributed by atoms with E-state index in [2.05, 4.69) is 15.0 Å². The van der Waals surface area contributed by atoms with Crippen LogP contribution in [0.3, 0.4) is 0 Å². The number of nitrogens with one attached hydrogen (secondary N) is 2. The van der Waals surface area contributed by atoms with E-state index >= 15 is 0 Å². The van der Waals surface area contributed by atoms with Crippen molar-refractivity contribution < 1.29 is 35.8 Å². The maximum Gasteiger partial charge on any atom is 0.573 e. The summed E-state index contributed by atoms with van der Waals surface area (Å²) in [5.41, 5.74) is 1.90. The molecule has 11 heteroatoms. The van der Waals surface area contributed by atoms with E-state index in [9.17, 15) is 26.3 Å². The van der Waals surface area contributed by atoms with Crippen LogP contribution in [-0.2, 0) is 6.42 Å². The largest absolute Gasteiger partial charge is 0.573 e. The Balaban J connectivity index is 1.66. The molecule has 0 radical (unpaired) electrons. The second-order valence-electron chi connectivity index (χ2n) is 8.95. The fraction of sp³-hybridized carbons (Fsp3) is 0.417. The first-order chi connectivity index (χ1) is 16.5. The first-order valence-electron chi connectivity index (χ1n) is 11.2. The number of hydrogen-bond donors (Lipinski definition) is 2. The van der Waals surface area contributed by atoms with Crippen molar-refractivity contribution in [3.8, 4) is 11.5 Å². The number of H-pyrrole nitrogens is 1. The zero-order chi connectivity index (χ0) is 25.0. The molecule has 0 bridgehead atoms. The molecule has 1 fully saturated rings. The summed E-state index contributed by atoms with van der Waals surface area (Å²) in [6.07, 6.45) is -9.47. The van der Waals surface area contributed by atoms with Crippen LogP contribution in [0.25, 0.3) is 10.9 Å². The lowest BCUT2D eigenvalue weighted by Gasteiger charge is -2.41. The minimum absolute atomic E-state index is 0.0231. The lowest BCUT2D eigenvalue weighted by molar-refractivity contribution is -0.275. The third-order valence-corrected chi connectivity index (χ3v) is 6.43. The molecule has 0 amide bonds. The van der Waals surface area contributed by atoms with Gasteiger partial charge in [-0.15, -0.1) is 13.2 Å². The Morgan fingerprint density at radius 3 is 2.43 bits per heavy atom. The monoisotopic (exact) mass is 499 g/mol. The Labute approximate surface area is 197 Å². The quantitative estimate of drug-likeness (QED) is 0.467. The normalized spacial score (nSPS) is 21.6. The van der Waals surface area contributed by atoms with E-state index in [0.29, 0.717) is 30.7 Å². The predicted molar refractivity (Wildman–Crippen MR) is 116 cm³/mol. The second-order valence-corrected chi connectivity index (χ2v) is 8.95. The number of ether oxygens (including phenoxy) is 2. The molecule has 3 heterocycles. The van der Waals surface area contributed by atoms with Crippen molar-refractivity contribution >= 4 is 10.9 Å². The van der Waals surface area contributed by atoms with Crippen molar-refractivity contribution in [2.24, 2.45) is 0 Å². The third-order valence-electron chi connectivity index (χ3n) is 6.43. The Hall–Kier alpha value is -2.92. The minimum Gasteiger partial charge on any atom is -0.488 e. The van der Waals surface area contributed by atoms with Gasteiger partial charge in [-0.2, -0.15) is 13.2 Å². The summed E-state index contributed by atoms with van der Waals surface area (Å²) in [5, 5.41) is 3.83. The topological polar surface area (TPSA) is 49.5 Å². The molecule has 2 aliphatic heterocycles. The van der Waals surface area contributed by atoms with E-state index in [4.69, 9.17) is 4.74 Å². The van der Waals surface area contributed by atoms with Gasteiger partial charge in [0, 0.05) is 47.4 Å². The van der Waals surface area contributed by atoms with Crippen LogP contribution in [0.15, 0.2) is 42.5 Å². The zero-order valence-corrected chi connectivity index (χ0v) is 18.6. The lowest BCUT2D eigenvalue weighted by atomic mass is 9.88. The highest BCUT2D eigenvalue weighted by Crippen LogP contribution is 2.46. The molecular formula is C24H23F6N3O2. The molecule has 2 N–H and O–H groups in total. The first-order valence-corrected chi connectivity index (χ1v) is 11.2. The van der Waals surface area contributed by atoms with Gasteiger partial charge in [0.2, 0.25) is 0 Å². The van der Waals surface area contributed by atoms with Crippen LogP contribution in [0.1, 0.15) is 29.8 Å². The molecule has 0 aliphatic carbocycles. The fourth-order valence-electron chi connectivity index (χ4n) is 4.86. The number of para-hydroxylation sites is 1. The number of aromatic amines is 1. The van der Waals surface area contributed by atoms with Gasteiger partial charge in [-0.3, -0.25) is 4.90 Å². The summed E-state index contributed by atoms with van der Waals surface area (Å²) in [6, 6.07) is 9.46. The molecule has 2 aliphatic rings. The molecule has 1 saturated heterocycles. The average molecular weight is 499 g/mol. The highest BCUT2D eigenvalue weighted by Gasteiger charge is 2.44. The maximum atomic E-state index is 13.6. The summed E-state index contributed by atoms with van der Waals surface area (Å²) in [7, 11) is 0. The van der Waals surface area contributed by atoms with Crippen molar-refractivity contribution in [3.05, 3.63) is 59.3 Å². The number of benzene rings is 2. The summed E-state index contributed by atoms with van der Waals surface area (Å²) in [6.45, 7) is 1.46. The van der Waals surface area contributed by atoms with Crippen LogP contribution >= 0.6 is 0 Å². The van der Waals surface area contributed by atoms with E-state index in [0.717, 1.165) is 17.0 Å². The summed E-state index contributed by atoms with van der Waals surface area (Å²) >= 11 is 0. The van der Waals surface area contributed by atoms with Gasteiger partial charge in [0.1, 0.15) is 17.6 Å². The molecule has 0 spiro atoms. The number of fused-ring (bicyclic) bond motifs is 3. The zero-order valence-electron chi connectivity index (χ0n) is 18.6. The first kappa shape index (κ1) is 23.8. The molecule has 0 saturated carbocycles. The molecule has 0 unspecified atom stereocenters. The molecule has 3 aromatic rings. The van der Waals surface area contributed by atoms with Gasteiger partial charge >= 0.3 is 12.5 Å². The third kappa shape index (κ3) is 4.92. The average Bonchev–Trinajstić information content (AvgIpc) is 3.08. The highest BCUT2D eigenvalue weighted by atomic mass is 19.4. The number of hydrogen-bond acceptors (Lipinski definition) is 4. The van der Waals surface area contributed by atoms with Gasteiger partial charge in [-0.05, 0) is 37.1 Å².